The number of rotatable bonds is 5. The molecule has 0 saturated carbocycles. The van der Waals surface area contributed by atoms with Gasteiger partial charge in [0.15, 0.2) is 11.5 Å². The van der Waals surface area contributed by atoms with E-state index in [1.54, 1.807) is 20.8 Å². The maximum absolute atomic E-state index is 11.3. The molecular formula is C18H30N4O6. The standard InChI is InChI=1S/C10H15N3O3.C8H15NO3/c1-10(2,3)6-4-5-7(13(14)15)9-8(6)11-16-12-9;1-8(2,3)7(11)6(9)4-12-5-10/h6-7H,4-5H2,1-3H3;5-6H,4,9H2,1-3H3/t;6-/m.0/s1. The fraction of sp³-hybridized carbons (Fsp3) is 0.778. The molecule has 2 unspecified atom stereocenters. The molecule has 10 nitrogen and oxygen atoms in total. The van der Waals surface area contributed by atoms with Crippen molar-refractivity contribution >= 4 is 12.3 Å². The van der Waals surface area contributed by atoms with Gasteiger partial charge in [-0.05, 0) is 17.0 Å². The minimum Gasteiger partial charge on any atom is -0.466 e. The van der Waals surface area contributed by atoms with Crippen LogP contribution in [0.1, 0.15) is 77.7 Å². The van der Waals surface area contributed by atoms with Gasteiger partial charge in [-0.3, -0.25) is 19.7 Å². The summed E-state index contributed by atoms with van der Waals surface area (Å²) < 4.78 is 9.05. The van der Waals surface area contributed by atoms with Crippen molar-refractivity contribution in [3.63, 3.8) is 0 Å². The molecule has 0 spiro atoms. The van der Waals surface area contributed by atoms with Crippen molar-refractivity contribution < 1.29 is 23.9 Å². The number of carbonyl (C=O) groups is 2. The molecule has 0 fully saturated rings. The van der Waals surface area contributed by atoms with Crippen molar-refractivity contribution in [2.45, 2.75) is 72.4 Å². The highest BCUT2D eigenvalue weighted by Gasteiger charge is 2.43. The van der Waals surface area contributed by atoms with Crippen LogP contribution < -0.4 is 5.73 Å². The zero-order valence-corrected chi connectivity index (χ0v) is 17.3. The van der Waals surface area contributed by atoms with E-state index in [0.29, 0.717) is 17.8 Å². The van der Waals surface area contributed by atoms with E-state index in [4.69, 9.17) is 5.73 Å². The number of nitrogens with two attached hydrogens (primary N) is 1. The first-order valence-corrected chi connectivity index (χ1v) is 9.11. The molecule has 0 aromatic carbocycles. The molecule has 0 radical (unpaired) electrons. The molecule has 2 N–H and O–H groups in total. The summed E-state index contributed by atoms with van der Waals surface area (Å²) in [7, 11) is 0. The van der Waals surface area contributed by atoms with E-state index in [1.807, 2.05) is 0 Å². The fourth-order valence-corrected chi connectivity index (χ4v) is 3.10. The Bertz CT molecular complexity index is 689. The van der Waals surface area contributed by atoms with Crippen LogP contribution in [-0.2, 0) is 14.3 Å². The average molecular weight is 398 g/mol. The van der Waals surface area contributed by atoms with Gasteiger partial charge >= 0.3 is 0 Å². The van der Waals surface area contributed by atoms with Gasteiger partial charge in [0, 0.05) is 22.7 Å². The average Bonchev–Trinajstić information content (AvgIpc) is 3.06. The third-order valence-corrected chi connectivity index (χ3v) is 4.63. The van der Waals surface area contributed by atoms with E-state index >= 15 is 0 Å². The minimum atomic E-state index is -0.750. The summed E-state index contributed by atoms with van der Waals surface area (Å²) in [6.07, 6.45) is 1.27. The van der Waals surface area contributed by atoms with Crippen LogP contribution in [0, 0.1) is 20.9 Å². The van der Waals surface area contributed by atoms with Crippen LogP contribution in [0.2, 0.25) is 0 Å². The molecule has 1 aliphatic carbocycles. The topological polar surface area (TPSA) is 151 Å². The molecule has 158 valence electrons. The lowest BCUT2D eigenvalue weighted by Crippen LogP contribution is -2.42. The lowest BCUT2D eigenvalue weighted by Gasteiger charge is -2.32. The quantitative estimate of drug-likeness (QED) is 0.447. The summed E-state index contributed by atoms with van der Waals surface area (Å²) in [4.78, 5) is 31.7. The molecule has 3 atom stereocenters. The summed E-state index contributed by atoms with van der Waals surface area (Å²) in [5, 5.41) is 18.4. The number of fused-ring (bicyclic) bond motifs is 1. The largest absolute Gasteiger partial charge is 0.466 e. The zero-order valence-electron chi connectivity index (χ0n) is 17.3. The Morgan fingerprint density at radius 1 is 1.29 bits per heavy atom. The van der Waals surface area contributed by atoms with E-state index in [2.05, 4.69) is 40.5 Å². The van der Waals surface area contributed by atoms with Gasteiger partial charge in [0.05, 0.1) is 6.04 Å². The minimum absolute atomic E-state index is 0.0227. The van der Waals surface area contributed by atoms with Crippen LogP contribution >= 0.6 is 0 Å². The van der Waals surface area contributed by atoms with Gasteiger partial charge in [-0.25, -0.2) is 4.63 Å². The molecule has 0 amide bonds. The number of aromatic nitrogens is 2. The Morgan fingerprint density at radius 2 is 1.86 bits per heavy atom. The van der Waals surface area contributed by atoms with Crippen molar-refractivity contribution in [2.24, 2.45) is 16.6 Å². The van der Waals surface area contributed by atoms with Crippen molar-refractivity contribution in [1.82, 2.24) is 10.3 Å². The molecule has 10 heteroatoms. The lowest BCUT2D eigenvalue weighted by molar-refractivity contribution is -0.532. The summed E-state index contributed by atoms with van der Waals surface area (Å²) in [6, 6.07) is -1.46. The number of ether oxygens (including phenoxy) is 1. The summed E-state index contributed by atoms with van der Waals surface area (Å²) in [5.74, 6) is 0.0781. The maximum atomic E-state index is 11.3. The first-order valence-electron chi connectivity index (χ1n) is 9.11. The van der Waals surface area contributed by atoms with E-state index < -0.39 is 17.5 Å². The molecule has 1 heterocycles. The second kappa shape index (κ2) is 9.22. The van der Waals surface area contributed by atoms with Crippen LogP contribution in [-0.4, -0.2) is 40.1 Å². The number of nitro groups is 1. The predicted molar refractivity (Wildman–Crippen MR) is 99.9 cm³/mol. The summed E-state index contributed by atoms with van der Waals surface area (Å²) >= 11 is 0. The number of hydrogen-bond donors (Lipinski definition) is 1. The molecule has 0 aliphatic heterocycles. The molecule has 1 aromatic heterocycles. The molecule has 2 rings (SSSR count). The summed E-state index contributed by atoms with van der Waals surface area (Å²) in [5.41, 5.74) is 6.08. The monoisotopic (exact) mass is 398 g/mol. The first kappa shape index (κ1) is 23.7. The highest BCUT2D eigenvalue weighted by Crippen LogP contribution is 2.45. The first-order chi connectivity index (χ1) is 12.8. The second-order valence-electron chi connectivity index (χ2n) is 8.98. The second-order valence-corrected chi connectivity index (χ2v) is 8.98. The number of carbonyl (C=O) groups excluding carboxylic acids is 2. The van der Waals surface area contributed by atoms with Gasteiger partial charge < -0.3 is 10.5 Å². The van der Waals surface area contributed by atoms with Crippen LogP contribution in [0.3, 0.4) is 0 Å². The third kappa shape index (κ3) is 6.08. The SMILES string of the molecule is CC(C)(C)C(=O)[C@@H](N)COC=O.CC(C)(C)C1CCC([N+](=O)[O-])c2nonc21. The Morgan fingerprint density at radius 3 is 2.32 bits per heavy atom. The smallest absolute Gasteiger partial charge is 0.293 e. The van der Waals surface area contributed by atoms with Gasteiger partial charge in [-0.1, -0.05) is 46.7 Å². The Balaban J connectivity index is 0.000000295. The zero-order chi connectivity index (χ0) is 21.7. The van der Waals surface area contributed by atoms with Crippen molar-refractivity contribution in [2.75, 3.05) is 6.61 Å². The number of hydrogen-bond acceptors (Lipinski definition) is 9. The van der Waals surface area contributed by atoms with Gasteiger partial charge in [0.2, 0.25) is 0 Å². The fourth-order valence-electron chi connectivity index (χ4n) is 3.10. The maximum Gasteiger partial charge on any atom is 0.293 e. The molecule has 0 bridgehead atoms. The van der Waals surface area contributed by atoms with E-state index in [9.17, 15) is 19.7 Å². The van der Waals surface area contributed by atoms with Gasteiger partial charge in [0.1, 0.15) is 12.3 Å². The highest BCUT2D eigenvalue weighted by molar-refractivity contribution is 5.88. The van der Waals surface area contributed by atoms with Gasteiger partial charge in [-0.2, -0.15) is 0 Å². The molecule has 28 heavy (non-hydrogen) atoms. The highest BCUT2D eigenvalue weighted by atomic mass is 16.6. The van der Waals surface area contributed by atoms with Crippen LogP contribution in [0.5, 0.6) is 0 Å². The van der Waals surface area contributed by atoms with Gasteiger partial charge in [0.25, 0.3) is 12.5 Å². The van der Waals surface area contributed by atoms with Crippen molar-refractivity contribution in [1.29, 1.82) is 0 Å². The van der Waals surface area contributed by atoms with Gasteiger partial charge in [-0.15, -0.1) is 0 Å². The van der Waals surface area contributed by atoms with Crippen molar-refractivity contribution in [3.8, 4) is 0 Å². The summed E-state index contributed by atoms with van der Waals surface area (Å²) in [6.45, 7) is 11.9. The molecule has 1 aromatic rings. The van der Waals surface area contributed by atoms with E-state index in [-0.39, 0.29) is 35.1 Å². The van der Waals surface area contributed by atoms with Crippen molar-refractivity contribution in [3.05, 3.63) is 21.5 Å². The molecular weight excluding hydrogens is 368 g/mol. The van der Waals surface area contributed by atoms with Crippen LogP contribution in [0.15, 0.2) is 4.63 Å². The number of Topliss-reactive ketones (excluding diaryl/α,β-unsaturated/α-hetero) is 1. The lowest BCUT2D eigenvalue weighted by atomic mass is 9.72. The normalized spacial score (nSPS) is 20.2. The third-order valence-electron chi connectivity index (χ3n) is 4.63. The Labute approximate surface area is 164 Å². The number of ketones is 1. The predicted octanol–water partition coefficient (Wildman–Crippen LogP) is 2.41. The Hall–Kier alpha value is -2.36. The van der Waals surface area contributed by atoms with E-state index in [0.717, 1.165) is 6.42 Å². The molecule has 1 aliphatic rings. The van der Waals surface area contributed by atoms with Crippen LogP contribution in [0.4, 0.5) is 0 Å². The number of nitrogens with zero attached hydrogens (tertiary/aromatic N) is 3. The molecule has 0 saturated heterocycles. The Kier molecular flexibility index (Phi) is 7.80. The van der Waals surface area contributed by atoms with Crippen LogP contribution in [0.25, 0.3) is 0 Å². The van der Waals surface area contributed by atoms with E-state index in [1.165, 1.54) is 0 Å².